The summed E-state index contributed by atoms with van der Waals surface area (Å²) in [4.78, 5) is 34.6. The van der Waals surface area contributed by atoms with E-state index >= 15 is 0 Å². The van der Waals surface area contributed by atoms with Crippen LogP contribution in [0.2, 0.25) is 0 Å². The average Bonchev–Trinajstić information content (AvgIpc) is 3.52. The predicted molar refractivity (Wildman–Crippen MR) is 133 cm³/mol. The summed E-state index contributed by atoms with van der Waals surface area (Å²) in [6.07, 6.45) is 2.50. The number of aryl methyl sites for hydroxylation is 1. The van der Waals surface area contributed by atoms with Crippen LogP contribution in [0.4, 0.5) is 0 Å². The molecule has 1 aliphatic rings. The van der Waals surface area contributed by atoms with Crippen LogP contribution < -0.4 is 5.32 Å². The van der Waals surface area contributed by atoms with Crippen LogP contribution in [0.15, 0.2) is 51.4 Å². The number of rotatable bonds is 8. The molecule has 2 amide bonds. The number of pyridine rings is 1. The molecule has 1 aliphatic heterocycles. The van der Waals surface area contributed by atoms with Crippen molar-refractivity contribution in [2.75, 3.05) is 25.4 Å². The molecule has 1 fully saturated rings. The fourth-order valence-corrected chi connectivity index (χ4v) is 6.29. The van der Waals surface area contributed by atoms with Gasteiger partial charge in [0, 0.05) is 46.4 Å². The summed E-state index contributed by atoms with van der Waals surface area (Å²) in [5.41, 5.74) is 2.46. The SMILES string of the molecule is Cc1ccc(C(=O)NCCc2cccs2)c(C2CCN(C(=O)CSc3ccsc3)CC2)n1. The van der Waals surface area contributed by atoms with Crippen molar-refractivity contribution in [3.05, 3.63) is 68.3 Å². The van der Waals surface area contributed by atoms with Crippen LogP contribution in [-0.2, 0) is 11.2 Å². The zero-order valence-electron chi connectivity index (χ0n) is 18.1. The molecule has 0 aliphatic carbocycles. The first kappa shape index (κ1) is 23.0. The Balaban J connectivity index is 1.33. The third-order valence-electron chi connectivity index (χ3n) is 5.64. The fraction of sp³-hybridized carbons (Fsp3) is 0.375. The summed E-state index contributed by atoms with van der Waals surface area (Å²) in [7, 11) is 0. The summed E-state index contributed by atoms with van der Waals surface area (Å²) in [6.45, 7) is 4.00. The van der Waals surface area contributed by atoms with Crippen LogP contribution in [0.3, 0.4) is 0 Å². The van der Waals surface area contributed by atoms with Crippen LogP contribution in [0.5, 0.6) is 0 Å². The molecular formula is C24H27N3O2S3. The molecule has 5 nitrogen and oxygen atoms in total. The Morgan fingerprint density at radius 1 is 1.19 bits per heavy atom. The highest BCUT2D eigenvalue weighted by atomic mass is 32.2. The van der Waals surface area contributed by atoms with Crippen molar-refractivity contribution in [3.8, 4) is 0 Å². The number of likely N-dealkylation sites (tertiary alicyclic amines) is 1. The first-order valence-corrected chi connectivity index (χ1v) is 13.6. The summed E-state index contributed by atoms with van der Waals surface area (Å²) in [5, 5.41) is 9.21. The highest BCUT2D eigenvalue weighted by molar-refractivity contribution is 8.00. The van der Waals surface area contributed by atoms with Gasteiger partial charge in [-0.2, -0.15) is 11.3 Å². The fourth-order valence-electron chi connectivity index (χ4n) is 3.90. The normalized spacial score (nSPS) is 14.5. The van der Waals surface area contributed by atoms with Crippen molar-refractivity contribution in [1.29, 1.82) is 0 Å². The standard InChI is InChI=1S/C24H27N3O2S3/c1-17-4-5-21(24(29)25-10-6-19-3-2-13-31-19)23(26-17)18-7-11-27(12-8-18)22(28)16-32-20-9-14-30-15-20/h2-5,9,13-15,18H,6-8,10-12,16H2,1H3,(H,25,29). The smallest absolute Gasteiger partial charge is 0.253 e. The van der Waals surface area contributed by atoms with E-state index in [1.165, 1.54) is 4.88 Å². The molecule has 4 heterocycles. The molecule has 0 atom stereocenters. The van der Waals surface area contributed by atoms with Gasteiger partial charge in [-0.3, -0.25) is 14.6 Å². The number of piperidine rings is 1. The molecule has 4 rings (SSSR count). The van der Waals surface area contributed by atoms with Gasteiger partial charge in [-0.1, -0.05) is 6.07 Å². The average molecular weight is 486 g/mol. The van der Waals surface area contributed by atoms with Crippen LogP contribution in [0.25, 0.3) is 0 Å². The Hall–Kier alpha value is -2.16. The molecule has 1 N–H and O–H groups in total. The van der Waals surface area contributed by atoms with E-state index in [1.807, 2.05) is 41.5 Å². The zero-order valence-corrected chi connectivity index (χ0v) is 20.5. The highest BCUT2D eigenvalue weighted by Gasteiger charge is 2.27. The first-order chi connectivity index (χ1) is 15.6. The second-order valence-corrected chi connectivity index (χ2v) is 10.7. The molecule has 3 aromatic heterocycles. The van der Waals surface area contributed by atoms with Gasteiger partial charge in [0.15, 0.2) is 0 Å². The van der Waals surface area contributed by atoms with Gasteiger partial charge in [0.25, 0.3) is 5.91 Å². The second-order valence-electron chi connectivity index (χ2n) is 7.87. The maximum atomic E-state index is 12.9. The highest BCUT2D eigenvalue weighted by Crippen LogP contribution is 2.30. The minimum atomic E-state index is -0.0604. The third kappa shape index (κ3) is 5.99. The number of carbonyl (C=O) groups is 2. The maximum Gasteiger partial charge on any atom is 0.253 e. The zero-order chi connectivity index (χ0) is 22.3. The number of amides is 2. The number of nitrogens with zero attached hydrogens (tertiary/aromatic N) is 2. The number of thiophene rings is 2. The van der Waals surface area contributed by atoms with E-state index in [-0.39, 0.29) is 17.7 Å². The van der Waals surface area contributed by atoms with Crippen molar-refractivity contribution < 1.29 is 9.59 Å². The molecule has 0 aromatic carbocycles. The molecule has 8 heteroatoms. The second kappa shape index (κ2) is 11.1. The summed E-state index contributed by atoms with van der Waals surface area (Å²) in [6, 6.07) is 9.96. The molecule has 0 radical (unpaired) electrons. The molecule has 1 saturated heterocycles. The lowest BCUT2D eigenvalue weighted by atomic mass is 9.90. The Morgan fingerprint density at radius 2 is 2.03 bits per heavy atom. The number of hydrogen-bond acceptors (Lipinski definition) is 6. The Bertz CT molecular complexity index is 1030. The minimum Gasteiger partial charge on any atom is -0.352 e. The topological polar surface area (TPSA) is 62.3 Å². The summed E-state index contributed by atoms with van der Waals surface area (Å²) < 4.78 is 0. The van der Waals surface area contributed by atoms with Gasteiger partial charge in [0.1, 0.15) is 0 Å². The molecular weight excluding hydrogens is 458 g/mol. The molecule has 0 bridgehead atoms. The van der Waals surface area contributed by atoms with Crippen molar-refractivity contribution in [2.24, 2.45) is 0 Å². The lowest BCUT2D eigenvalue weighted by molar-refractivity contribution is -0.129. The van der Waals surface area contributed by atoms with E-state index in [4.69, 9.17) is 4.98 Å². The Morgan fingerprint density at radius 3 is 2.75 bits per heavy atom. The first-order valence-electron chi connectivity index (χ1n) is 10.8. The molecule has 0 saturated carbocycles. The molecule has 3 aromatic rings. The van der Waals surface area contributed by atoms with Crippen molar-refractivity contribution in [1.82, 2.24) is 15.2 Å². The van der Waals surface area contributed by atoms with Gasteiger partial charge in [-0.05, 0) is 61.2 Å². The van der Waals surface area contributed by atoms with Gasteiger partial charge in [-0.25, -0.2) is 0 Å². The molecule has 32 heavy (non-hydrogen) atoms. The summed E-state index contributed by atoms with van der Waals surface area (Å²) in [5.74, 6) is 0.793. The lowest BCUT2D eigenvalue weighted by Gasteiger charge is -2.32. The van der Waals surface area contributed by atoms with Crippen molar-refractivity contribution in [2.45, 2.75) is 37.0 Å². The van der Waals surface area contributed by atoms with E-state index in [2.05, 4.69) is 22.1 Å². The summed E-state index contributed by atoms with van der Waals surface area (Å²) >= 11 is 4.95. The van der Waals surface area contributed by atoms with Crippen molar-refractivity contribution in [3.63, 3.8) is 0 Å². The van der Waals surface area contributed by atoms with Gasteiger partial charge in [-0.15, -0.1) is 23.1 Å². The third-order valence-corrected chi connectivity index (χ3v) is 8.38. The largest absolute Gasteiger partial charge is 0.352 e. The van der Waals surface area contributed by atoms with E-state index in [9.17, 15) is 9.59 Å². The lowest BCUT2D eigenvalue weighted by Crippen LogP contribution is -2.39. The number of aromatic nitrogens is 1. The predicted octanol–water partition coefficient (Wildman–Crippen LogP) is 4.98. The maximum absolute atomic E-state index is 12.9. The van der Waals surface area contributed by atoms with E-state index < -0.39 is 0 Å². The van der Waals surface area contributed by atoms with E-state index in [0.29, 0.717) is 31.0 Å². The van der Waals surface area contributed by atoms with Gasteiger partial charge >= 0.3 is 0 Å². The Labute approximate surface area is 201 Å². The van der Waals surface area contributed by atoms with E-state index in [1.54, 1.807) is 34.4 Å². The van der Waals surface area contributed by atoms with Crippen molar-refractivity contribution >= 4 is 46.2 Å². The van der Waals surface area contributed by atoms with Crippen LogP contribution in [0, 0.1) is 6.92 Å². The van der Waals surface area contributed by atoms with E-state index in [0.717, 1.165) is 35.5 Å². The van der Waals surface area contributed by atoms with Gasteiger partial charge in [0.05, 0.1) is 17.0 Å². The monoisotopic (exact) mass is 485 g/mol. The minimum absolute atomic E-state index is 0.0604. The number of carbonyl (C=O) groups excluding carboxylic acids is 2. The Kier molecular flexibility index (Phi) is 8.00. The number of nitrogens with one attached hydrogen (secondary N) is 1. The molecule has 0 spiro atoms. The number of thioether (sulfide) groups is 1. The van der Waals surface area contributed by atoms with Gasteiger partial charge < -0.3 is 10.2 Å². The van der Waals surface area contributed by atoms with Crippen LogP contribution in [-0.4, -0.2) is 47.1 Å². The quantitative estimate of drug-likeness (QED) is 0.457. The number of hydrogen-bond donors (Lipinski definition) is 1. The molecule has 168 valence electrons. The van der Waals surface area contributed by atoms with Crippen LogP contribution in [0.1, 0.15) is 45.4 Å². The molecule has 0 unspecified atom stereocenters. The van der Waals surface area contributed by atoms with Crippen LogP contribution >= 0.6 is 34.4 Å². The van der Waals surface area contributed by atoms with Gasteiger partial charge in [0.2, 0.25) is 5.91 Å².